The molecule has 1 aromatic rings. The molecule has 0 aliphatic carbocycles. The lowest BCUT2D eigenvalue weighted by atomic mass is 9.76. The Hall–Kier alpha value is -0.995. The third kappa shape index (κ3) is 1.76. The first-order valence-electron chi connectivity index (χ1n) is 6.17. The highest BCUT2D eigenvalue weighted by Gasteiger charge is 2.42. The van der Waals surface area contributed by atoms with Crippen LogP contribution < -0.4 is 10.2 Å². The van der Waals surface area contributed by atoms with E-state index in [1.807, 2.05) is 19.9 Å². The summed E-state index contributed by atoms with van der Waals surface area (Å²) in [5.41, 5.74) is 3.39. The van der Waals surface area contributed by atoms with E-state index < -0.39 is 0 Å². The van der Waals surface area contributed by atoms with E-state index in [9.17, 15) is 0 Å². The normalized spacial score (nSPS) is 20.8. The number of rotatable bonds is 1. The summed E-state index contributed by atoms with van der Waals surface area (Å²) in [5, 5.41) is 0. The summed E-state index contributed by atoms with van der Waals surface area (Å²) in [6.07, 6.45) is 1.02. The van der Waals surface area contributed by atoms with Gasteiger partial charge in [-0.05, 0) is 37.5 Å². The van der Waals surface area contributed by atoms with Gasteiger partial charge in [-0.3, -0.25) is 0 Å². The van der Waals surface area contributed by atoms with E-state index in [1.54, 1.807) is 0 Å². The Balaban J connectivity index is 2.10. The molecule has 2 aliphatic heterocycles. The average molecular weight is 232 g/mol. The van der Waals surface area contributed by atoms with Crippen molar-refractivity contribution < 1.29 is 14.0 Å². The first-order valence-corrected chi connectivity index (χ1v) is 6.17. The first kappa shape index (κ1) is 11.1. The Morgan fingerprint density at radius 2 is 2.18 bits per heavy atom. The second-order valence-electron chi connectivity index (χ2n) is 5.28. The number of ether oxygens (including phenoxy) is 1. The van der Waals surface area contributed by atoms with Gasteiger partial charge >= 0.3 is 7.12 Å². The Labute approximate surface area is 102 Å². The van der Waals surface area contributed by atoms with Crippen molar-refractivity contribution in [1.29, 1.82) is 0 Å². The Bertz CT molecular complexity index is 456. The first-order chi connectivity index (χ1) is 8.11. The Morgan fingerprint density at radius 3 is 2.94 bits per heavy atom. The van der Waals surface area contributed by atoms with Crippen LogP contribution in [0.5, 0.6) is 5.75 Å². The lowest BCUT2D eigenvalue weighted by Gasteiger charge is -2.24. The highest BCUT2D eigenvalue weighted by molar-refractivity contribution is 6.64. The standard InChI is InChI=1S/C13H17BO3/c1-4-9-5-6-11-12-10(9)7-16-14(12)17-13(2,3)8-15-11/h5-6H,4,7-8H2,1-3H3. The second kappa shape index (κ2) is 3.75. The van der Waals surface area contributed by atoms with E-state index in [1.165, 1.54) is 11.1 Å². The molecule has 4 heteroatoms. The molecule has 0 amide bonds. The molecule has 0 spiro atoms. The Kier molecular flexibility index (Phi) is 2.45. The molecule has 0 N–H and O–H groups in total. The molecule has 2 aliphatic rings. The van der Waals surface area contributed by atoms with Crippen molar-refractivity contribution in [2.24, 2.45) is 0 Å². The molecule has 0 bridgehead atoms. The maximum Gasteiger partial charge on any atom is 0.498 e. The predicted molar refractivity (Wildman–Crippen MR) is 66.7 cm³/mol. The van der Waals surface area contributed by atoms with Crippen molar-refractivity contribution in [1.82, 2.24) is 0 Å². The zero-order valence-corrected chi connectivity index (χ0v) is 10.6. The summed E-state index contributed by atoms with van der Waals surface area (Å²) >= 11 is 0. The smallest absolute Gasteiger partial charge is 0.491 e. The quantitative estimate of drug-likeness (QED) is 0.689. The molecule has 0 atom stereocenters. The molecule has 0 unspecified atom stereocenters. The van der Waals surface area contributed by atoms with Crippen LogP contribution in [0.1, 0.15) is 31.9 Å². The van der Waals surface area contributed by atoms with Gasteiger partial charge in [-0.2, -0.15) is 0 Å². The van der Waals surface area contributed by atoms with Crippen LogP contribution in [0.3, 0.4) is 0 Å². The van der Waals surface area contributed by atoms with Crippen LogP contribution in [0.15, 0.2) is 12.1 Å². The van der Waals surface area contributed by atoms with Crippen LogP contribution in [0.2, 0.25) is 0 Å². The van der Waals surface area contributed by atoms with Crippen molar-refractivity contribution in [2.45, 2.75) is 39.4 Å². The highest BCUT2D eigenvalue weighted by atomic mass is 16.6. The molecule has 17 heavy (non-hydrogen) atoms. The summed E-state index contributed by atoms with van der Waals surface area (Å²) in [5.74, 6) is 0.922. The maximum atomic E-state index is 5.98. The van der Waals surface area contributed by atoms with Crippen molar-refractivity contribution >= 4 is 12.6 Å². The van der Waals surface area contributed by atoms with Gasteiger partial charge in [0, 0.05) is 5.46 Å². The lowest BCUT2D eigenvalue weighted by Crippen LogP contribution is -2.40. The largest absolute Gasteiger partial charge is 0.498 e. The van der Waals surface area contributed by atoms with Crippen molar-refractivity contribution in [2.75, 3.05) is 6.61 Å². The Morgan fingerprint density at radius 1 is 1.35 bits per heavy atom. The molecular weight excluding hydrogens is 215 g/mol. The van der Waals surface area contributed by atoms with Crippen LogP contribution in [0, 0.1) is 0 Å². The molecule has 1 aromatic carbocycles. The highest BCUT2D eigenvalue weighted by Crippen LogP contribution is 2.29. The summed E-state index contributed by atoms with van der Waals surface area (Å²) in [6, 6.07) is 4.18. The summed E-state index contributed by atoms with van der Waals surface area (Å²) in [7, 11) is -0.260. The van der Waals surface area contributed by atoms with Gasteiger partial charge in [0.15, 0.2) is 0 Å². The van der Waals surface area contributed by atoms with Crippen LogP contribution in [0.25, 0.3) is 0 Å². The minimum Gasteiger partial charge on any atom is -0.491 e. The number of hydrogen-bond donors (Lipinski definition) is 0. The fourth-order valence-corrected chi connectivity index (χ4v) is 2.48. The van der Waals surface area contributed by atoms with Crippen molar-refractivity contribution in [3.63, 3.8) is 0 Å². The second-order valence-corrected chi connectivity index (χ2v) is 5.28. The van der Waals surface area contributed by atoms with Crippen LogP contribution >= 0.6 is 0 Å². The van der Waals surface area contributed by atoms with Gasteiger partial charge in [0.25, 0.3) is 0 Å². The predicted octanol–water partition coefficient (Wildman–Crippen LogP) is 1.66. The van der Waals surface area contributed by atoms with E-state index in [4.69, 9.17) is 14.0 Å². The zero-order valence-electron chi connectivity index (χ0n) is 10.6. The van der Waals surface area contributed by atoms with Gasteiger partial charge in [-0.15, -0.1) is 0 Å². The maximum absolute atomic E-state index is 5.98. The third-order valence-electron chi connectivity index (χ3n) is 3.41. The minimum atomic E-state index is -0.308. The molecule has 0 saturated carbocycles. The minimum absolute atomic E-state index is 0.260. The zero-order chi connectivity index (χ0) is 12.0. The third-order valence-corrected chi connectivity index (χ3v) is 3.41. The molecule has 0 saturated heterocycles. The van der Waals surface area contributed by atoms with E-state index in [2.05, 4.69) is 13.0 Å². The van der Waals surface area contributed by atoms with E-state index in [0.717, 1.165) is 17.6 Å². The fourth-order valence-electron chi connectivity index (χ4n) is 2.48. The molecule has 90 valence electrons. The monoisotopic (exact) mass is 232 g/mol. The average Bonchev–Trinajstić information content (AvgIpc) is 2.64. The molecule has 0 aromatic heterocycles. The molecule has 0 fully saturated rings. The molecule has 3 rings (SSSR count). The van der Waals surface area contributed by atoms with E-state index in [0.29, 0.717) is 13.2 Å². The summed E-state index contributed by atoms with van der Waals surface area (Å²) in [4.78, 5) is 0. The van der Waals surface area contributed by atoms with E-state index in [-0.39, 0.29) is 12.7 Å². The van der Waals surface area contributed by atoms with Gasteiger partial charge in [0.2, 0.25) is 0 Å². The number of hydrogen-bond acceptors (Lipinski definition) is 3. The fraction of sp³-hybridized carbons (Fsp3) is 0.538. The van der Waals surface area contributed by atoms with Crippen molar-refractivity contribution in [3.05, 3.63) is 23.3 Å². The van der Waals surface area contributed by atoms with Gasteiger partial charge in [0.1, 0.15) is 12.4 Å². The summed E-state index contributed by atoms with van der Waals surface area (Å²) in [6.45, 7) is 7.41. The van der Waals surface area contributed by atoms with Crippen molar-refractivity contribution in [3.8, 4) is 5.75 Å². The van der Waals surface area contributed by atoms with Crippen LogP contribution in [-0.4, -0.2) is 19.3 Å². The van der Waals surface area contributed by atoms with Crippen LogP contribution in [0.4, 0.5) is 0 Å². The van der Waals surface area contributed by atoms with Gasteiger partial charge in [0.05, 0.1) is 12.2 Å². The SMILES string of the molecule is CCc1ccc2c3c1COB3OC(C)(C)CO2. The lowest BCUT2D eigenvalue weighted by molar-refractivity contribution is 0.0352. The number of aryl methyl sites for hydroxylation is 1. The summed E-state index contributed by atoms with van der Waals surface area (Å²) < 4.78 is 17.6. The molecule has 0 radical (unpaired) electrons. The number of benzene rings is 1. The van der Waals surface area contributed by atoms with Gasteiger partial charge in [-0.1, -0.05) is 13.0 Å². The van der Waals surface area contributed by atoms with Gasteiger partial charge in [-0.25, -0.2) is 0 Å². The van der Waals surface area contributed by atoms with E-state index >= 15 is 0 Å². The molecule has 3 nitrogen and oxygen atoms in total. The molecular formula is C13H17BO3. The van der Waals surface area contributed by atoms with Gasteiger partial charge < -0.3 is 14.0 Å². The topological polar surface area (TPSA) is 27.7 Å². The molecule has 2 heterocycles. The van der Waals surface area contributed by atoms with Crippen LogP contribution in [-0.2, 0) is 22.3 Å².